The molecule has 0 saturated carbocycles. The predicted molar refractivity (Wildman–Crippen MR) is 136 cm³/mol. The third kappa shape index (κ3) is 5.34. The Bertz CT molecular complexity index is 1550. The summed E-state index contributed by atoms with van der Waals surface area (Å²) in [4.78, 5) is 18.1. The number of pyridine rings is 1. The van der Waals surface area contributed by atoms with Gasteiger partial charge >= 0.3 is 6.03 Å². The number of hydrogen-bond donors (Lipinski definition) is 2. The number of benzene rings is 2. The number of nitrogens with one attached hydrogen (secondary N) is 2. The molecule has 10 nitrogen and oxygen atoms in total. The van der Waals surface area contributed by atoms with Crippen molar-refractivity contribution in [2.75, 3.05) is 23.8 Å². The van der Waals surface area contributed by atoms with Crippen molar-refractivity contribution in [3.63, 3.8) is 0 Å². The molecule has 0 aliphatic rings. The number of hydrogen-bond acceptors (Lipinski definition) is 7. The van der Waals surface area contributed by atoms with E-state index in [9.17, 15) is 17.6 Å². The minimum atomic E-state index is -4.01. The number of rotatable bonds is 7. The highest BCUT2D eigenvalue weighted by Gasteiger charge is 2.25. The molecule has 0 aliphatic heterocycles. The minimum absolute atomic E-state index is 0.00637. The maximum absolute atomic E-state index is 13.8. The van der Waals surface area contributed by atoms with Gasteiger partial charge in [-0.05, 0) is 54.4 Å². The van der Waals surface area contributed by atoms with E-state index in [0.29, 0.717) is 16.7 Å². The summed E-state index contributed by atoms with van der Waals surface area (Å²) in [5, 5.41) is 6.32. The molecule has 2 amide bonds. The molecule has 0 saturated heterocycles. The van der Waals surface area contributed by atoms with Gasteiger partial charge in [0.15, 0.2) is 5.82 Å². The second kappa shape index (κ2) is 10.4. The summed E-state index contributed by atoms with van der Waals surface area (Å²) < 4.78 is 51.4. The Morgan fingerprint density at radius 2 is 1.95 bits per heavy atom. The van der Waals surface area contributed by atoms with Crippen LogP contribution in [0, 0.1) is 12.7 Å². The van der Waals surface area contributed by atoms with Crippen LogP contribution in [-0.2, 0) is 10.0 Å². The first-order valence-electron chi connectivity index (χ1n) is 10.7. The summed E-state index contributed by atoms with van der Waals surface area (Å²) in [6.07, 6.45) is 2.32. The number of nitrogens with zero attached hydrogens (tertiary/aromatic N) is 3. The fourth-order valence-corrected chi connectivity index (χ4v) is 4.69. The molecule has 0 bridgehead atoms. The van der Waals surface area contributed by atoms with E-state index in [1.807, 2.05) is 0 Å². The highest BCUT2D eigenvalue weighted by molar-refractivity contribution is 7.92. The van der Waals surface area contributed by atoms with Crippen LogP contribution in [0.4, 0.5) is 26.5 Å². The first kappa shape index (κ1) is 25.9. The quantitative estimate of drug-likeness (QED) is 0.330. The van der Waals surface area contributed by atoms with E-state index < -0.39 is 16.1 Å². The van der Waals surface area contributed by atoms with Crippen LogP contribution in [0.15, 0.2) is 70.4 Å². The SMILES string of the molecule is CNC(=O)N(c1ccc(S(=O)(=O)Nc2ccon2)cn1)c1cc(Cl)c(-c2ccc(F)c(C)c2)cc1OC. The number of amides is 2. The van der Waals surface area contributed by atoms with Crippen LogP contribution < -0.4 is 19.7 Å². The fourth-order valence-electron chi connectivity index (χ4n) is 3.49. The zero-order chi connectivity index (χ0) is 26.7. The summed E-state index contributed by atoms with van der Waals surface area (Å²) in [5.74, 6) is 0.0320. The average Bonchev–Trinajstić information content (AvgIpc) is 3.38. The lowest BCUT2D eigenvalue weighted by molar-refractivity contribution is 0.250. The lowest BCUT2D eigenvalue weighted by atomic mass is 10.0. The van der Waals surface area contributed by atoms with Gasteiger partial charge < -0.3 is 14.6 Å². The number of aromatic nitrogens is 2. The first-order valence-corrected chi connectivity index (χ1v) is 12.6. The average molecular weight is 546 g/mol. The topological polar surface area (TPSA) is 127 Å². The molecule has 0 spiro atoms. The van der Waals surface area contributed by atoms with Gasteiger partial charge in [-0.15, -0.1) is 0 Å². The molecule has 192 valence electrons. The van der Waals surface area contributed by atoms with Gasteiger partial charge in [-0.3, -0.25) is 4.72 Å². The Labute approximate surface area is 217 Å². The van der Waals surface area contributed by atoms with Crippen LogP contribution in [0.5, 0.6) is 5.75 Å². The number of halogens is 2. The van der Waals surface area contributed by atoms with Crippen molar-refractivity contribution in [3.8, 4) is 16.9 Å². The van der Waals surface area contributed by atoms with Gasteiger partial charge in [0.1, 0.15) is 28.5 Å². The molecule has 2 aromatic heterocycles. The number of aryl methyl sites for hydroxylation is 1. The zero-order valence-electron chi connectivity index (χ0n) is 19.8. The zero-order valence-corrected chi connectivity index (χ0v) is 21.4. The fraction of sp³-hybridized carbons (Fsp3) is 0.125. The first-order chi connectivity index (χ1) is 17.6. The van der Waals surface area contributed by atoms with Gasteiger partial charge in [-0.25, -0.2) is 27.5 Å². The number of sulfonamides is 1. The third-order valence-electron chi connectivity index (χ3n) is 5.33. The summed E-state index contributed by atoms with van der Waals surface area (Å²) in [5.41, 5.74) is 1.92. The molecule has 2 heterocycles. The number of carbonyl (C=O) groups excluding carboxylic acids is 1. The van der Waals surface area contributed by atoms with Gasteiger partial charge in [0.2, 0.25) is 0 Å². The van der Waals surface area contributed by atoms with Gasteiger partial charge in [0.25, 0.3) is 10.0 Å². The Morgan fingerprint density at radius 1 is 1.16 bits per heavy atom. The van der Waals surface area contributed by atoms with E-state index in [1.54, 1.807) is 25.1 Å². The standard InChI is InChI=1S/C24H21ClFN5O5S/c1-14-10-15(4-6-19(14)26)17-11-21(35-3)20(12-18(17)25)31(24(32)27-2)23-7-5-16(13-28-23)37(33,34)30-22-8-9-36-29-22/h4-13H,1-3H3,(H,27,32)(H,29,30). The molecule has 4 aromatic rings. The van der Waals surface area contributed by atoms with Crippen LogP contribution in [0.3, 0.4) is 0 Å². The molecule has 0 atom stereocenters. The maximum Gasteiger partial charge on any atom is 0.327 e. The molecule has 0 unspecified atom stereocenters. The van der Waals surface area contributed by atoms with Crippen molar-refractivity contribution in [2.24, 2.45) is 0 Å². The van der Waals surface area contributed by atoms with E-state index >= 15 is 0 Å². The smallest absolute Gasteiger partial charge is 0.327 e. The summed E-state index contributed by atoms with van der Waals surface area (Å²) >= 11 is 6.59. The number of ether oxygens (including phenoxy) is 1. The molecule has 4 rings (SSSR count). The van der Waals surface area contributed by atoms with E-state index in [0.717, 1.165) is 6.20 Å². The van der Waals surface area contributed by atoms with Crippen LogP contribution in [-0.4, -0.2) is 38.7 Å². The Hall–Kier alpha value is -4.16. The Morgan fingerprint density at radius 3 is 2.54 bits per heavy atom. The molecule has 13 heteroatoms. The second-order valence-electron chi connectivity index (χ2n) is 7.70. The molecule has 37 heavy (non-hydrogen) atoms. The lowest BCUT2D eigenvalue weighted by Crippen LogP contribution is -2.35. The van der Waals surface area contributed by atoms with Crippen LogP contribution >= 0.6 is 11.6 Å². The number of carbonyl (C=O) groups is 1. The molecule has 0 aliphatic carbocycles. The lowest BCUT2D eigenvalue weighted by Gasteiger charge is -2.24. The van der Waals surface area contributed by atoms with Crippen molar-refractivity contribution >= 4 is 45.0 Å². The second-order valence-corrected chi connectivity index (χ2v) is 9.79. The van der Waals surface area contributed by atoms with E-state index in [4.69, 9.17) is 16.3 Å². The van der Waals surface area contributed by atoms with Crippen LogP contribution in [0.1, 0.15) is 5.56 Å². The third-order valence-corrected chi connectivity index (χ3v) is 6.98. The molecule has 2 N–H and O–H groups in total. The molecule has 0 fully saturated rings. The van der Waals surface area contributed by atoms with Gasteiger partial charge in [-0.2, -0.15) is 0 Å². The minimum Gasteiger partial charge on any atom is -0.495 e. The highest BCUT2D eigenvalue weighted by Crippen LogP contribution is 2.41. The monoisotopic (exact) mass is 545 g/mol. The van der Waals surface area contributed by atoms with Crippen molar-refractivity contribution in [2.45, 2.75) is 11.8 Å². The largest absolute Gasteiger partial charge is 0.495 e. The van der Waals surface area contributed by atoms with Crippen LogP contribution in [0.25, 0.3) is 11.1 Å². The van der Waals surface area contributed by atoms with Crippen molar-refractivity contribution in [1.82, 2.24) is 15.5 Å². The number of anilines is 3. The van der Waals surface area contributed by atoms with Gasteiger partial charge in [0.05, 0.1) is 17.8 Å². The van der Waals surface area contributed by atoms with Gasteiger partial charge in [0, 0.05) is 24.9 Å². The molecular formula is C24H21ClFN5O5S. The van der Waals surface area contributed by atoms with E-state index in [-0.39, 0.29) is 38.8 Å². The highest BCUT2D eigenvalue weighted by atomic mass is 35.5. The van der Waals surface area contributed by atoms with Crippen LogP contribution in [0.2, 0.25) is 5.02 Å². The predicted octanol–water partition coefficient (Wildman–Crippen LogP) is 5.12. The van der Waals surface area contributed by atoms with Crippen molar-refractivity contribution in [1.29, 1.82) is 0 Å². The molecular weight excluding hydrogens is 525 g/mol. The summed E-state index contributed by atoms with van der Waals surface area (Å²) in [6.45, 7) is 1.64. The maximum atomic E-state index is 13.8. The summed E-state index contributed by atoms with van der Waals surface area (Å²) in [7, 11) is -1.15. The Kier molecular flexibility index (Phi) is 7.32. The van der Waals surface area contributed by atoms with E-state index in [1.165, 1.54) is 55.7 Å². The van der Waals surface area contributed by atoms with Crippen molar-refractivity contribution < 1.29 is 26.9 Å². The van der Waals surface area contributed by atoms with Gasteiger partial charge in [-0.1, -0.05) is 22.8 Å². The van der Waals surface area contributed by atoms with E-state index in [2.05, 4.69) is 24.7 Å². The molecule has 2 aromatic carbocycles. The molecule has 0 radical (unpaired) electrons. The normalized spacial score (nSPS) is 11.2. The Balaban J connectivity index is 1.75. The number of methoxy groups -OCH3 is 1. The number of urea groups is 1. The van der Waals surface area contributed by atoms with Crippen molar-refractivity contribution in [3.05, 3.63) is 77.4 Å². The summed E-state index contributed by atoms with van der Waals surface area (Å²) in [6, 6.07) is 11.1.